The molecule has 3 nitrogen and oxygen atoms in total. The summed E-state index contributed by atoms with van der Waals surface area (Å²) in [5.74, 6) is -0.547. The Kier molecular flexibility index (Phi) is 7.36. The monoisotopic (exact) mass is 385 g/mol. The van der Waals surface area contributed by atoms with Gasteiger partial charge in [0.25, 0.3) is 5.91 Å². The maximum absolute atomic E-state index is 15.0. The maximum atomic E-state index is 15.0. The van der Waals surface area contributed by atoms with Gasteiger partial charge in [-0.2, -0.15) is 0 Å². The van der Waals surface area contributed by atoms with Crippen LogP contribution in [0.25, 0.3) is 5.83 Å². The zero-order valence-corrected chi connectivity index (χ0v) is 17.7. The van der Waals surface area contributed by atoms with Crippen LogP contribution in [0.1, 0.15) is 68.4 Å². The van der Waals surface area contributed by atoms with Crippen LogP contribution in [0.4, 0.5) is 4.39 Å². The summed E-state index contributed by atoms with van der Waals surface area (Å²) in [5.41, 5.74) is 5.04. The molecule has 1 aromatic carbocycles. The largest absolute Gasteiger partial charge is 0.395 e. The molecule has 0 spiro atoms. The van der Waals surface area contributed by atoms with Crippen LogP contribution in [0, 0.1) is 12.3 Å². The lowest BCUT2D eigenvalue weighted by Crippen LogP contribution is -2.26. The van der Waals surface area contributed by atoms with E-state index in [4.69, 9.17) is 5.11 Å². The summed E-state index contributed by atoms with van der Waals surface area (Å²) in [6.45, 7) is 10.3. The van der Waals surface area contributed by atoms with Crippen LogP contribution in [0.3, 0.4) is 0 Å². The minimum atomic E-state index is -0.275. The molecule has 0 fully saturated rings. The van der Waals surface area contributed by atoms with Gasteiger partial charge in [-0.05, 0) is 74.3 Å². The van der Waals surface area contributed by atoms with E-state index in [0.717, 1.165) is 12.8 Å². The smallest absolute Gasteiger partial charge is 0.251 e. The highest BCUT2D eigenvalue weighted by Crippen LogP contribution is 2.41. The van der Waals surface area contributed by atoms with Gasteiger partial charge in [0.15, 0.2) is 0 Å². The Labute approximate surface area is 168 Å². The van der Waals surface area contributed by atoms with E-state index in [2.05, 4.69) is 32.2 Å². The van der Waals surface area contributed by atoms with E-state index in [1.54, 1.807) is 32.0 Å². The fraction of sp³-hybridized carbons (Fsp3) is 0.458. The minimum Gasteiger partial charge on any atom is -0.395 e. The molecule has 0 radical (unpaired) electrons. The Hall–Kier alpha value is -2.20. The summed E-state index contributed by atoms with van der Waals surface area (Å²) >= 11 is 0. The lowest BCUT2D eigenvalue weighted by atomic mass is 9.72. The van der Waals surface area contributed by atoms with E-state index in [1.807, 2.05) is 6.08 Å². The van der Waals surface area contributed by atoms with Crippen molar-refractivity contribution in [1.82, 2.24) is 5.32 Å². The standard InChI is InChI=1S/C24H32FNO2/c1-16-7-6-12-24(4,5)21(16)11-8-17(2)22(25)20-10-9-19(15-18(20)3)23(28)26-13-14-27/h8-11,15,27H,6-7,12-14H2,1-5H3,(H,26,28)/b11-8+,22-17-. The number of amides is 1. The number of carbonyl (C=O) groups is 1. The van der Waals surface area contributed by atoms with Crippen molar-refractivity contribution in [2.75, 3.05) is 13.2 Å². The van der Waals surface area contributed by atoms with Crippen molar-refractivity contribution in [3.8, 4) is 0 Å². The second-order valence-electron chi connectivity index (χ2n) is 8.27. The molecule has 1 aliphatic rings. The molecular formula is C24H32FNO2. The molecule has 2 N–H and O–H groups in total. The first-order chi connectivity index (χ1) is 13.2. The highest BCUT2D eigenvalue weighted by atomic mass is 19.1. The summed E-state index contributed by atoms with van der Waals surface area (Å²) in [4.78, 5) is 12.0. The van der Waals surface area contributed by atoms with E-state index in [-0.39, 0.29) is 30.3 Å². The molecule has 4 heteroatoms. The topological polar surface area (TPSA) is 49.3 Å². The van der Waals surface area contributed by atoms with Gasteiger partial charge in [-0.25, -0.2) is 4.39 Å². The van der Waals surface area contributed by atoms with Gasteiger partial charge in [0, 0.05) is 17.7 Å². The van der Waals surface area contributed by atoms with Crippen molar-refractivity contribution in [2.45, 2.75) is 53.9 Å². The van der Waals surface area contributed by atoms with Gasteiger partial charge >= 0.3 is 0 Å². The molecule has 0 saturated heterocycles. The number of halogens is 1. The third kappa shape index (κ3) is 5.20. The number of benzene rings is 1. The third-order valence-electron chi connectivity index (χ3n) is 5.51. The quantitative estimate of drug-likeness (QED) is 0.635. The first kappa shape index (κ1) is 22.1. The lowest BCUT2D eigenvalue weighted by Gasteiger charge is -2.33. The predicted octanol–water partition coefficient (Wildman–Crippen LogP) is 5.50. The third-order valence-corrected chi connectivity index (χ3v) is 5.51. The number of aliphatic hydroxyl groups excluding tert-OH is 1. The van der Waals surface area contributed by atoms with Crippen LogP contribution >= 0.6 is 0 Å². The van der Waals surface area contributed by atoms with Gasteiger partial charge in [-0.1, -0.05) is 37.6 Å². The average molecular weight is 386 g/mol. The summed E-state index contributed by atoms with van der Waals surface area (Å²) in [6, 6.07) is 4.93. The Morgan fingerprint density at radius 1 is 1.32 bits per heavy atom. The number of allylic oxidation sites excluding steroid dienone is 5. The van der Waals surface area contributed by atoms with Gasteiger partial charge in [0.2, 0.25) is 0 Å². The van der Waals surface area contributed by atoms with Crippen molar-refractivity contribution in [2.24, 2.45) is 5.41 Å². The summed E-state index contributed by atoms with van der Waals surface area (Å²) in [6.07, 6.45) is 7.39. The van der Waals surface area contributed by atoms with Crippen LogP contribution in [0.2, 0.25) is 0 Å². The number of aliphatic hydroxyl groups is 1. The zero-order chi connectivity index (χ0) is 20.9. The number of carbonyl (C=O) groups excluding carboxylic acids is 1. The van der Waals surface area contributed by atoms with Crippen molar-refractivity contribution in [1.29, 1.82) is 0 Å². The highest BCUT2D eigenvalue weighted by Gasteiger charge is 2.26. The molecule has 1 amide bonds. The van der Waals surface area contributed by atoms with Crippen molar-refractivity contribution in [3.63, 3.8) is 0 Å². The number of aryl methyl sites for hydroxylation is 1. The molecule has 1 aromatic rings. The van der Waals surface area contributed by atoms with Gasteiger partial charge in [-0.3, -0.25) is 4.79 Å². The molecule has 1 aliphatic carbocycles. The number of nitrogens with one attached hydrogen (secondary N) is 1. The van der Waals surface area contributed by atoms with Crippen molar-refractivity contribution < 1.29 is 14.3 Å². The summed E-state index contributed by atoms with van der Waals surface area (Å²) < 4.78 is 15.0. The van der Waals surface area contributed by atoms with E-state index >= 15 is 4.39 Å². The Balaban J connectivity index is 2.27. The summed E-state index contributed by atoms with van der Waals surface area (Å²) in [7, 11) is 0. The Bertz CT molecular complexity index is 831. The normalized spacial score (nSPS) is 17.7. The van der Waals surface area contributed by atoms with Crippen LogP contribution in [-0.2, 0) is 0 Å². The minimum absolute atomic E-state index is 0.113. The van der Waals surface area contributed by atoms with Crippen LogP contribution in [0.5, 0.6) is 0 Å². The molecule has 0 heterocycles. The zero-order valence-electron chi connectivity index (χ0n) is 17.7. The molecule has 2 rings (SSSR count). The molecule has 0 saturated carbocycles. The van der Waals surface area contributed by atoms with Gasteiger partial charge in [0.1, 0.15) is 5.83 Å². The second kappa shape index (κ2) is 9.33. The van der Waals surface area contributed by atoms with Crippen molar-refractivity contribution >= 4 is 11.7 Å². The average Bonchev–Trinajstić information content (AvgIpc) is 2.64. The molecular weight excluding hydrogens is 353 g/mol. The van der Waals surface area contributed by atoms with Crippen LogP contribution in [0.15, 0.2) is 47.1 Å². The Morgan fingerprint density at radius 2 is 2.04 bits per heavy atom. The predicted molar refractivity (Wildman–Crippen MR) is 114 cm³/mol. The molecule has 0 bridgehead atoms. The summed E-state index contributed by atoms with van der Waals surface area (Å²) in [5, 5.41) is 11.4. The molecule has 152 valence electrons. The maximum Gasteiger partial charge on any atom is 0.251 e. The highest BCUT2D eigenvalue weighted by molar-refractivity contribution is 5.94. The first-order valence-corrected chi connectivity index (χ1v) is 9.92. The molecule has 0 unspecified atom stereocenters. The fourth-order valence-electron chi connectivity index (χ4n) is 3.83. The van der Waals surface area contributed by atoms with Crippen LogP contribution < -0.4 is 5.32 Å². The number of rotatable bonds is 6. The van der Waals surface area contributed by atoms with Crippen LogP contribution in [-0.4, -0.2) is 24.2 Å². The van der Waals surface area contributed by atoms with Gasteiger partial charge in [0.05, 0.1) is 6.61 Å². The molecule has 0 aromatic heterocycles. The number of hydrogen-bond donors (Lipinski definition) is 2. The number of hydrogen-bond acceptors (Lipinski definition) is 2. The fourth-order valence-corrected chi connectivity index (χ4v) is 3.83. The van der Waals surface area contributed by atoms with Gasteiger partial charge < -0.3 is 10.4 Å². The molecule has 28 heavy (non-hydrogen) atoms. The molecule has 0 atom stereocenters. The van der Waals surface area contributed by atoms with E-state index < -0.39 is 0 Å². The first-order valence-electron chi connectivity index (χ1n) is 9.92. The molecule has 0 aliphatic heterocycles. The second-order valence-corrected chi connectivity index (χ2v) is 8.27. The Morgan fingerprint density at radius 3 is 2.64 bits per heavy atom. The lowest BCUT2D eigenvalue weighted by molar-refractivity contribution is 0.0944. The van der Waals surface area contributed by atoms with E-state index in [1.165, 1.54) is 17.6 Å². The van der Waals surface area contributed by atoms with E-state index in [0.29, 0.717) is 22.3 Å². The van der Waals surface area contributed by atoms with Crippen molar-refractivity contribution in [3.05, 3.63) is 63.8 Å². The van der Waals surface area contributed by atoms with Gasteiger partial charge in [-0.15, -0.1) is 0 Å². The SMILES string of the molecule is CC1=C(/C=C/C(C)=C(\F)c2ccc(C(=O)NCCO)cc2C)C(C)(C)CCC1. The van der Waals surface area contributed by atoms with E-state index in [9.17, 15) is 4.79 Å².